The van der Waals surface area contributed by atoms with E-state index in [1.165, 1.54) is 119 Å². The number of likely N-dealkylation sites (tertiary alicyclic amines) is 2. The number of aliphatic hydroxyl groups excluding tert-OH is 2. The molecular weight excluding hydrogens is 1180 g/mol. The van der Waals surface area contributed by atoms with Gasteiger partial charge >= 0.3 is 24.2 Å². The van der Waals surface area contributed by atoms with Crippen LogP contribution in [0.4, 0.5) is 37.1 Å². The van der Waals surface area contributed by atoms with Crippen molar-refractivity contribution in [3.63, 3.8) is 0 Å². The van der Waals surface area contributed by atoms with Crippen LogP contribution in [0.3, 0.4) is 0 Å². The van der Waals surface area contributed by atoms with Gasteiger partial charge in [-0.2, -0.15) is 0 Å². The van der Waals surface area contributed by atoms with Crippen molar-refractivity contribution in [2.45, 2.75) is 95.1 Å². The summed E-state index contributed by atoms with van der Waals surface area (Å²) >= 11 is 1.15. The fourth-order valence-electron chi connectivity index (χ4n) is 10.2. The summed E-state index contributed by atoms with van der Waals surface area (Å²) in [7, 11) is 0. The Hall–Kier alpha value is -10.2. The van der Waals surface area contributed by atoms with Crippen LogP contribution in [0.25, 0.3) is 0 Å². The Balaban J connectivity index is 0.919. The average Bonchev–Trinajstić information content (AvgIpc) is 2.21. The van der Waals surface area contributed by atoms with E-state index in [-0.39, 0.29) is 93.8 Å². The second-order valence-electron chi connectivity index (χ2n) is 20.7. The lowest BCUT2D eigenvalue weighted by Crippen LogP contribution is -2.63. The molecule has 4 aliphatic heterocycles. The molecule has 0 bridgehead atoms. The molecule has 5 N–H and O–H groups in total. The van der Waals surface area contributed by atoms with E-state index >= 15 is 0 Å². The average molecular weight is 1240 g/mol. The predicted octanol–water partition coefficient (Wildman–Crippen LogP) is 4.62. The first-order chi connectivity index (χ1) is 41.9. The summed E-state index contributed by atoms with van der Waals surface area (Å²) in [5, 5.41) is 72.6. The number of aliphatic hydroxyl groups is 2. The van der Waals surface area contributed by atoms with Crippen molar-refractivity contribution >= 4 is 82.4 Å². The topological polar surface area (TPSA) is 428 Å². The predicted molar refractivity (Wildman–Crippen MR) is 304 cm³/mol. The molecule has 464 valence electrons. The highest BCUT2D eigenvalue weighted by molar-refractivity contribution is 8.03. The number of alkyl carbamates (subject to hydrolysis) is 2. The number of hydrogen-bond donors (Lipinski definition) is 5. The number of nitro groups is 4. The number of carbonyl (C=O) groups excluding carboxylic acids is 7. The zero-order valence-electron chi connectivity index (χ0n) is 46.8. The molecule has 4 aliphatic rings. The highest BCUT2D eigenvalue weighted by atomic mass is 32.2. The van der Waals surface area contributed by atoms with Crippen LogP contribution in [0.2, 0.25) is 0 Å². The number of carbonyl (C=O) groups is 7. The van der Waals surface area contributed by atoms with Gasteiger partial charge in [0.05, 0.1) is 37.8 Å². The van der Waals surface area contributed by atoms with Crippen LogP contribution < -0.4 is 16.0 Å². The summed E-state index contributed by atoms with van der Waals surface area (Å²) in [6, 6.07) is 18.2. The number of thioether (sulfide) groups is 1. The number of aliphatic imine (C=N–C) groups is 1. The first kappa shape index (κ1) is 63.9. The number of esters is 1. The van der Waals surface area contributed by atoms with Gasteiger partial charge in [-0.05, 0) is 90.6 Å². The Morgan fingerprint density at radius 1 is 0.682 bits per heavy atom. The standard InChI is InChI=1S/C55H57N11O21S/c1-30-45-44(31(2)67)50(71)62(45)46(51(72)84-26-32-3-11-37(12-4-32)63(76)77)47(30)88-41-23-42(61(25-41)55(75)87-29-35-9-17-40(18-10-35)66(82)83)49(70)60-22-20-36(24-60)57-48(69)43(68)19-21-56-52(58-53(73)85-27-33-5-13-38(14-6-33)64(78)79)59-54(74)86-28-34-7-15-39(16-8-34)65(80)81/h3-18,30-31,36,41-45,67-68H,19-29H2,1-2H3,(H,57,69)(H2,56,58,59,73,74)/t30-,31-,36+,41+,42+,43?,44-,45-/m1/s1. The van der Waals surface area contributed by atoms with E-state index in [0.717, 1.165) is 11.8 Å². The number of nitro benzene ring substituents is 4. The Morgan fingerprint density at radius 2 is 1.14 bits per heavy atom. The normalized spacial score (nSPS) is 19.9. The number of non-ortho nitro benzene ring substituents is 4. The second kappa shape index (κ2) is 28.4. The number of hydrogen-bond acceptors (Lipinski definition) is 23. The van der Waals surface area contributed by atoms with Crippen molar-refractivity contribution < 1.29 is 82.4 Å². The van der Waals surface area contributed by atoms with E-state index in [1.54, 1.807) is 6.92 Å². The molecule has 0 spiro atoms. The first-order valence-electron chi connectivity index (χ1n) is 27.1. The molecule has 4 aromatic rings. The van der Waals surface area contributed by atoms with Crippen molar-refractivity contribution in [3.8, 4) is 0 Å². The molecule has 4 heterocycles. The minimum Gasteiger partial charge on any atom is -0.456 e. The maximum Gasteiger partial charge on any atom is 0.414 e. The molecule has 8 rings (SSSR count). The quantitative estimate of drug-likeness (QED) is 0.0136. The van der Waals surface area contributed by atoms with Gasteiger partial charge in [0, 0.05) is 103 Å². The molecule has 0 radical (unpaired) electrons. The summed E-state index contributed by atoms with van der Waals surface area (Å²) in [5.41, 5.74) is 0.659. The summed E-state index contributed by atoms with van der Waals surface area (Å²) < 4.78 is 21.6. The third-order valence-electron chi connectivity index (χ3n) is 14.7. The van der Waals surface area contributed by atoms with Crippen molar-refractivity contribution in [1.82, 2.24) is 30.7 Å². The maximum absolute atomic E-state index is 14.6. The van der Waals surface area contributed by atoms with Gasteiger partial charge in [0.1, 0.15) is 44.3 Å². The van der Waals surface area contributed by atoms with Crippen LogP contribution in [-0.2, 0) is 64.6 Å². The Kier molecular flexibility index (Phi) is 20.6. The molecule has 8 atom stereocenters. The van der Waals surface area contributed by atoms with Crippen molar-refractivity contribution in [2.24, 2.45) is 16.8 Å². The van der Waals surface area contributed by atoms with Crippen LogP contribution >= 0.6 is 11.8 Å². The van der Waals surface area contributed by atoms with E-state index in [4.69, 9.17) is 18.9 Å². The Bertz CT molecular complexity index is 3350. The largest absolute Gasteiger partial charge is 0.456 e. The molecule has 1 unspecified atom stereocenters. The van der Waals surface area contributed by atoms with Crippen molar-refractivity contribution in [1.29, 1.82) is 0 Å². The minimum atomic E-state index is -1.74. The van der Waals surface area contributed by atoms with E-state index in [9.17, 15) is 84.2 Å². The fourth-order valence-corrected chi connectivity index (χ4v) is 11.7. The van der Waals surface area contributed by atoms with Crippen LogP contribution in [0.15, 0.2) is 113 Å². The highest BCUT2D eigenvalue weighted by Crippen LogP contribution is 2.53. The van der Waals surface area contributed by atoms with E-state index < -0.39 is 122 Å². The fraction of sp³-hybridized carbons (Fsp3) is 0.382. The second-order valence-corrected chi connectivity index (χ2v) is 22.0. The minimum absolute atomic E-state index is 0.0105. The molecule has 0 aliphatic carbocycles. The summed E-state index contributed by atoms with van der Waals surface area (Å²) in [6.45, 7) is 1.31. The number of guanidine groups is 1. The number of benzene rings is 4. The zero-order chi connectivity index (χ0) is 63.5. The smallest absolute Gasteiger partial charge is 0.414 e. The van der Waals surface area contributed by atoms with Gasteiger partial charge in [-0.3, -0.25) is 75.4 Å². The number of nitrogens with one attached hydrogen (secondary N) is 3. The molecule has 6 amide bonds. The number of amides is 6. The Morgan fingerprint density at radius 3 is 1.59 bits per heavy atom. The van der Waals surface area contributed by atoms with Gasteiger partial charge in [0.2, 0.25) is 23.7 Å². The SMILES string of the molecule is C[C@@H](O)[C@H]1C(=O)N2C(C(=O)OCc3ccc([N+](=O)[O-])cc3)=C(S[C@H]3C[C@@H](C(=O)N4CC[C@H](NC(=O)C(O)CCN=C(NC(=O)OCc5ccc([N+](=O)[O-])cc5)NC(=O)OCc5ccc([N+](=O)[O-])cc5)C4)N(C(=O)OCc4ccc([N+](=O)[O-])cc4)C3)[C@H](C)[C@H]12. The molecule has 3 fully saturated rings. The monoisotopic (exact) mass is 1240 g/mol. The lowest BCUT2D eigenvalue weighted by atomic mass is 9.79. The number of fused-ring (bicyclic) bond motifs is 1. The molecular formula is C55H57N11O21S. The van der Waals surface area contributed by atoms with Crippen molar-refractivity contribution in [2.75, 3.05) is 26.2 Å². The van der Waals surface area contributed by atoms with Gasteiger partial charge < -0.3 is 44.3 Å². The number of ether oxygens (including phenoxy) is 4. The van der Waals surface area contributed by atoms with E-state index in [1.807, 2.05) is 0 Å². The van der Waals surface area contributed by atoms with Crippen LogP contribution in [0.5, 0.6) is 0 Å². The number of nitrogens with zero attached hydrogens (tertiary/aromatic N) is 8. The van der Waals surface area contributed by atoms with Crippen molar-refractivity contribution in [3.05, 3.63) is 170 Å². The molecule has 4 aromatic carbocycles. The molecule has 0 aromatic heterocycles. The molecule has 0 saturated carbocycles. The van der Waals surface area contributed by atoms with E-state index in [0.29, 0.717) is 27.2 Å². The number of β-lactam (4-membered cyclic amide) rings is 1. The molecule has 33 heteroatoms. The van der Waals surface area contributed by atoms with Gasteiger partial charge in [-0.1, -0.05) is 6.92 Å². The highest BCUT2D eigenvalue weighted by Gasteiger charge is 2.61. The summed E-state index contributed by atoms with van der Waals surface area (Å²) in [5.74, 6) is -4.79. The molecule has 3 saturated heterocycles. The van der Waals surface area contributed by atoms with Gasteiger partial charge in [0.25, 0.3) is 22.7 Å². The first-order valence-corrected chi connectivity index (χ1v) is 28.0. The van der Waals surface area contributed by atoms with Crippen LogP contribution in [-0.4, -0.2) is 154 Å². The summed E-state index contributed by atoms with van der Waals surface area (Å²) in [6.07, 6.45) is -6.24. The van der Waals surface area contributed by atoms with Crippen LogP contribution in [0.1, 0.15) is 55.4 Å². The van der Waals surface area contributed by atoms with Gasteiger partial charge in [-0.25, -0.2) is 19.2 Å². The maximum atomic E-state index is 14.6. The molecule has 88 heavy (non-hydrogen) atoms. The third kappa shape index (κ3) is 15.6. The third-order valence-corrected chi connectivity index (χ3v) is 16.2. The lowest BCUT2D eigenvalue weighted by molar-refractivity contribution is -0.385. The molecule has 32 nitrogen and oxygen atoms in total. The lowest BCUT2D eigenvalue weighted by Gasteiger charge is -2.46. The van der Waals surface area contributed by atoms with Crippen LogP contribution in [0, 0.1) is 52.3 Å². The zero-order valence-corrected chi connectivity index (χ0v) is 47.6. The van der Waals surface area contributed by atoms with Gasteiger partial charge in [-0.15, -0.1) is 11.8 Å². The summed E-state index contributed by atoms with van der Waals surface area (Å²) in [4.78, 5) is 146. The number of rotatable bonds is 22. The van der Waals surface area contributed by atoms with Gasteiger partial charge in [0.15, 0.2) is 0 Å². The van der Waals surface area contributed by atoms with E-state index in [2.05, 4.69) is 20.9 Å². The Labute approximate surface area is 502 Å².